The van der Waals surface area contributed by atoms with Crippen LogP contribution in [0, 0.1) is 11.7 Å². The fraction of sp³-hybridized carbons (Fsp3) is 0.647. The second kappa shape index (κ2) is 7.63. The zero-order valence-electron chi connectivity index (χ0n) is 12.6. The molecule has 0 radical (unpaired) electrons. The monoisotopic (exact) mass is 279 g/mol. The molecule has 0 amide bonds. The second-order valence-electron chi connectivity index (χ2n) is 5.82. The number of rotatable bonds is 7. The summed E-state index contributed by atoms with van der Waals surface area (Å²) in [5, 5.41) is 3.42. The summed E-state index contributed by atoms with van der Waals surface area (Å²) >= 11 is 0. The number of benzene rings is 1. The van der Waals surface area contributed by atoms with Crippen molar-refractivity contribution in [1.29, 1.82) is 0 Å². The average Bonchev–Trinajstić information content (AvgIpc) is 2.96. The minimum absolute atomic E-state index is 0.0188. The SMILES string of the molecule is COc1cccc(F)c1C(C)NCCCC1CCCC1. The number of ether oxygens (including phenoxy) is 1. The van der Waals surface area contributed by atoms with Gasteiger partial charge >= 0.3 is 0 Å². The molecule has 0 bridgehead atoms. The van der Waals surface area contributed by atoms with Gasteiger partial charge in [0.05, 0.1) is 7.11 Å². The Kier molecular flexibility index (Phi) is 5.84. The molecule has 112 valence electrons. The Bertz CT molecular complexity index is 415. The van der Waals surface area contributed by atoms with Crippen molar-refractivity contribution in [3.8, 4) is 5.75 Å². The molecule has 1 aliphatic carbocycles. The van der Waals surface area contributed by atoms with E-state index in [9.17, 15) is 4.39 Å². The van der Waals surface area contributed by atoms with Crippen molar-refractivity contribution >= 4 is 0 Å². The van der Waals surface area contributed by atoms with Crippen LogP contribution in [0.15, 0.2) is 18.2 Å². The van der Waals surface area contributed by atoms with Crippen LogP contribution < -0.4 is 10.1 Å². The molecule has 3 heteroatoms. The van der Waals surface area contributed by atoms with E-state index in [4.69, 9.17) is 4.74 Å². The molecule has 2 rings (SSSR count). The van der Waals surface area contributed by atoms with E-state index < -0.39 is 0 Å². The smallest absolute Gasteiger partial charge is 0.131 e. The summed E-state index contributed by atoms with van der Waals surface area (Å²) in [6.07, 6.45) is 8.08. The summed E-state index contributed by atoms with van der Waals surface area (Å²) in [5.41, 5.74) is 0.635. The van der Waals surface area contributed by atoms with E-state index in [-0.39, 0.29) is 11.9 Å². The zero-order valence-corrected chi connectivity index (χ0v) is 12.6. The molecule has 1 saturated carbocycles. The Morgan fingerprint density at radius 3 is 2.80 bits per heavy atom. The first-order valence-electron chi connectivity index (χ1n) is 7.78. The molecule has 1 aliphatic rings. The highest BCUT2D eigenvalue weighted by Crippen LogP contribution is 2.29. The van der Waals surface area contributed by atoms with E-state index in [0.29, 0.717) is 11.3 Å². The Morgan fingerprint density at radius 1 is 1.35 bits per heavy atom. The van der Waals surface area contributed by atoms with Crippen molar-refractivity contribution < 1.29 is 9.13 Å². The maximum atomic E-state index is 13.9. The van der Waals surface area contributed by atoms with E-state index in [1.54, 1.807) is 13.2 Å². The zero-order chi connectivity index (χ0) is 14.4. The molecule has 2 nitrogen and oxygen atoms in total. The van der Waals surface area contributed by atoms with Gasteiger partial charge in [0, 0.05) is 11.6 Å². The van der Waals surface area contributed by atoms with Crippen molar-refractivity contribution in [2.24, 2.45) is 5.92 Å². The number of methoxy groups -OCH3 is 1. The highest BCUT2D eigenvalue weighted by molar-refractivity contribution is 5.36. The summed E-state index contributed by atoms with van der Waals surface area (Å²) in [6, 6.07) is 4.98. The first-order chi connectivity index (χ1) is 9.72. The third-order valence-electron chi connectivity index (χ3n) is 4.38. The maximum absolute atomic E-state index is 13.9. The predicted molar refractivity (Wildman–Crippen MR) is 80.6 cm³/mol. The molecule has 0 heterocycles. The second-order valence-corrected chi connectivity index (χ2v) is 5.82. The van der Waals surface area contributed by atoms with Crippen molar-refractivity contribution in [3.63, 3.8) is 0 Å². The minimum atomic E-state index is -0.194. The van der Waals surface area contributed by atoms with Gasteiger partial charge in [-0.2, -0.15) is 0 Å². The lowest BCUT2D eigenvalue weighted by atomic mass is 10.0. The highest BCUT2D eigenvalue weighted by atomic mass is 19.1. The van der Waals surface area contributed by atoms with Crippen molar-refractivity contribution in [2.75, 3.05) is 13.7 Å². The average molecular weight is 279 g/mol. The van der Waals surface area contributed by atoms with Crippen LogP contribution in [-0.4, -0.2) is 13.7 Å². The summed E-state index contributed by atoms with van der Waals surface area (Å²) in [4.78, 5) is 0. The minimum Gasteiger partial charge on any atom is -0.496 e. The molecule has 1 atom stereocenters. The third kappa shape index (κ3) is 3.95. The van der Waals surface area contributed by atoms with E-state index in [0.717, 1.165) is 12.5 Å². The van der Waals surface area contributed by atoms with Crippen molar-refractivity contribution in [3.05, 3.63) is 29.6 Å². The molecule has 1 aromatic rings. The van der Waals surface area contributed by atoms with Crippen LogP contribution in [0.4, 0.5) is 4.39 Å². The maximum Gasteiger partial charge on any atom is 0.131 e. The number of hydrogen-bond acceptors (Lipinski definition) is 2. The van der Waals surface area contributed by atoms with Gasteiger partial charge in [-0.05, 0) is 44.4 Å². The van der Waals surface area contributed by atoms with E-state index in [1.807, 2.05) is 13.0 Å². The summed E-state index contributed by atoms with van der Waals surface area (Å²) in [7, 11) is 1.59. The molecule has 0 saturated heterocycles. The van der Waals surface area contributed by atoms with Gasteiger partial charge in [0.1, 0.15) is 11.6 Å². The van der Waals surface area contributed by atoms with Gasteiger partial charge in [-0.1, -0.05) is 31.7 Å². The largest absolute Gasteiger partial charge is 0.496 e. The summed E-state index contributed by atoms with van der Waals surface area (Å²) in [6.45, 7) is 2.94. The number of halogens is 1. The van der Waals surface area contributed by atoms with Gasteiger partial charge in [-0.15, -0.1) is 0 Å². The van der Waals surface area contributed by atoms with Gasteiger partial charge in [0.15, 0.2) is 0 Å². The van der Waals surface area contributed by atoms with Crippen LogP contribution in [0.5, 0.6) is 5.75 Å². The van der Waals surface area contributed by atoms with Crippen LogP contribution in [0.1, 0.15) is 57.1 Å². The lowest BCUT2D eigenvalue weighted by Crippen LogP contribution is -2.21. The molecule has 0 aromatic heterocycles. The van der Waals surface area contributed by atoms with E-state index >= 15 is 0 Å². The van der Waals surface area contributed by atoms with E-state index in [1.165, 1.54) is 44.6 Å². The molecule has 1 unspecified atom stereocenters. The Hall–Kier alpha value is -1.09. The van der Waals surface area contributed by atoms with Crippen LogP contribution in [-0.2, 0) is 0 Å². The molecule has 1 fully saturated rings. The van der Waals surface area contributed by atoms with Gasteiger partial charge in [0.2, 0.25) is 0 Å². The normalized spacial score (nSPS) is 17.4. The first-order valence-corrected chi connectivity index (χ1v) is 7.78. The molecular weight excluding hydrogens is 253 g/mol. The van der Waals surface area contributed by atoms with Crippen molar-refractivity contribution in [2.45, 2.75) is 51.5 Å². The molecule has 0 aliphatic heterocycles. The van der Waals surface area contributed by atoms with Gasteiger partial charge in [-0.25, -0.2) is 4.39 Å². The molecule has 0 spiro atoms. The number of nitrogens with one attached hydrogen (secondary N) is 1. The quantitative estimate of drug-likeness (QED) is 0.744. The Balaban J connectivity index is 1.80. The fourth-order valence-electron chi connectivity index (χ4n) is 3.23. The first kappa shape index (κ1) is 15.3. The molecular formula is C17H26FNO. The van der Waals surface area contributed by atoms with Gasteiger partial charge in [-0.3, -0.25) is 0 Å². The Labute approximate surface area is 121 Å². The highest BCUT2D eigenvalue weighted by Gasteiger charge is 2.17. The Morgan fingerprint density at radius 2 is 2.10 bits per heavy atom. The van der Waals surface area contributed by atoms with Crippen LogP contribution >= 0.6 is 0 Å². The summed E-state index contributed by atoms with van der Waals surface area (Å²) < 4.78 is 19.2. The van der Waals surface area contributed by atoms with Crippen LogP contribution in [0.3, 0.4) is 0 Å². The summed E-state index contributed by atoms with van der Waals surface area (Å²) in [5.74, 6) is 1.36. The molecule has 1 N–H and O–H groups in total. The predicted octanol–water partition coefficient (Wildman–Crippen LogP) is 4.46. The topological polar surface area (TPSA) is 21.3 Å². The van der Waals surface area contributed by atoms with Crippen LogP contribution in [0.25, 0.3) is 0 Å². The lowest BCUT2D eigenvalue weighted by Gasteiger charge is -2.18. The van der Waals surface area contributed by atoms with Crippen molar-refractivity contribution in [1.82, 2.24) is 5.32 Å². The standard InChI is InChI=1S/C17H26FNO/c1-13(17-15(18)10-5-11-16(17)20-2)19-12-6-9-14-7-3-4-8-14/h5,10-11,13-14,19H,3-4,6-9,12H2,1-2H3. The third-order valence-corrected chi connectivity index (χ3v) is 4.38. The lowest BCUT2D eigenvalue weighted by molar-refractivity contribution is 0.391. The van der Waals surface area contributed by atoms with Gasteiger partial charge in [0.25, 0.3) is 0 Å². The number of hydrogen-bond donors (Lipinski definition) is 1. The van der Waals surface area contributed by atoms with Gasteiger partial charge < -0.3 is 10.1 Å². The van der Waals surface area contributed by atoms with Crippen LogP contribution in [0.2, 0.25) is 0 Å². The van der Waals surface area contributed by atoms with E-state index in [2.05, 4.69) is 5.32 Å². The molecule has 20 heavy (non-hydrogen) atoms. The molecule has 1 aromatic carbocycles. The fourth-order valence-corrected chi connectivity index (χ4v) is 3.23.